The van der Waals surface area contributed by atoms with Crippen LogP contribution in [0.1, 0.15) is 6.92 Å². The van der Waals surface area contributed by atoms with Gasteiger partial charge in [-0.05, 0) is 35.6 Å². The number of ether oxygens (including phenoxy) is 1. The van der Waals surface area contributed by atoms with E-state index in [1.165, 1.54) is 4.57 Å². The normalized spacial score (nSPS) is 11.0. The fourth-order valence-electron chi connectivity index (χ4n) is 2.13. The number of hydrogen-bond donors (Lipinski definition) is 0. The summed E-state index contributed by atoms with van der Waals surface area (Å²) < 4.78 is 9.17. The summed E-state index contributed by atoms with van der Waals surface area (Å²) in [5.41, 5.74) is 2.56. The van der Waals surface area contributed by atoms with Crippen molar-refractivity contribution in [1.82, 2.24) is 19.3 Å². The van der Waals surface area contributed by atoms with Crippen LogP contribution < -0.4 is 0 Å². The maximum Gasteiger partial charge on any atom is 0.419 e. The molecule has 0 bridgehead atoms. The number of fused-ring (bicyclic) bond motifs is 1. The smallest absolute Gasteiger partial charge is 0.419 e. The van der Waals surface area contributed by atoms with Crippen molar-refractivity contribution >= 4 is 39.7 Å². The van der Waals surface area contributed by atoms with Gasteiger partial charge in [0.2, 0.25) is 0 Å². The van der Waals surface area contributed by atoms with E-state index in [9.17, 15) is 4.79 Å². The summed E-state index contributed by atoms with van der Waals surface area (Å²) in [5, 5.41) is 5.08. The summed E-state index contributed by atoms with van der Waals surface area (Å²) in [7, 11) is 1.87. The molecule has 0 amide bonds. The van der Waals surface area contributed by atoms with E-state index >= 15 is 0 Å². The molecule has 3 heterocycles. The van der Waals surface area contributed by atoms with Crippen molar-refractivity contribution in [2.24, 2.45) is 7.05 Å². The topological polar surface area (TPSA) is 61.9 Å². The lowest BCUT2D eigenvalue weighted by Gasteiger charge is -2.03. The van der Waals surface area contributed by atoms with E-state index in [2.05, 4.69) is 32.7 Å². The van der Waals surface area contributed by atoms with E-state index in [0.29, 0.717) is 12.3 Å². The van der Waals surface area contributed by atoms with Crippen molar-refractivity contribution in [2.75, 3.05) is 6.61 Å². The Bertz CT molecular complexity index is 822. The molecule has 7 heteroatoms. The Morgan fingerprint density at radius 3 is 2.81 bits per heavy atom. The molecule has 0 radical (unpaired) electrons. The highest BCUT2D eigenvalue weighted by Gasteiger charge is 2.15. The summed E-state index contributed by atoms with van der Waals surface area (Å²) in [4.78, 5) is 16.3. The molecule has 0 aliphatic carbocycles. The maximum atomic E-state index is 11.9. The molecule has 3 aromatic rings. The Hall–Kier alpha value is -1.90. The van der Waals surface area contributed by atoms with Crippen molar-refractivity contribution in [2.45, 2.75) is 6.92 Å². The molecular formula is C14H13IN4O2. The zero-order valence-corrected chi connectivity index (χ0v) is 13.7. The molecular weight excluding hydrogens is 383 g/mol. The number of carbonyl (C=O) groups is 1. The highest BCUT2D eigenvalue weighted by molar-refractivity contribution is 14.1. The van der Waals surface area contributed by atoms with E-state index in [1.807, 2.05) is 19.3 Å². The molecule has 3 aromatic heterocycles. The van der Waals surface area contributed by atoms with Gasteiger partial charge in [0.1, 0.15) is 0 Å². The number of aryl methyl sites for hydroxylation is 1. The molecule has 0 N–H and O–H groups in total. The predicted octanol–water partition coefficient (Wildman–Crippen LogP) is 3.05. The number of hydrogen-bond acceptors (Lipinski definition) is 4. The van der Waals surface area contributed by atoms with Crippen molar-refractivity contribution in [1.29, 1.82) is 0 Å². The first-order valence-electron chi connectivity index (χ1n) is 6.43. The van der Waals surface area contributed by atoms with E-state index < -0.39 is 6.09 Å². The molecule has 21 heavy (non-hydrogen) atoms. The minimum Gasteiger partial charge on any atom is -0.449 e. The van der Waals surface area contributed by atoms with Crippen LogP contribution in [0.25, 0.3) is 22.2 Å². The first kappa shape index (κ1) is 14.1. The second-order valence-electron chi connectivity index (χ2n) is 4.54. The molecule has 3 rings (SSSR count). The molecule has 0 unspecified atom stereocenters. The lowest BCUT2D eigenvalue weighted by atomic mass is 10.1. The van der Waals surface area contributed by atoms with E-state index in [0.717, 1.165) is 20.1 Å². The van der Waals surface area contributed by atoms with E-state index in [1.54, 1.807) is 30.2 Å². The Kier molecular flexibility index (Phi) is 3.66. The van der Waals surface area contributed by atoms with Crippen LogP contribution in [-0.4, -0.2) is 32.0 Å². The quantitative estimate of drug-likeness (QED) is 0.625. The van der Waals surface area contributed by atoms with Crippen molar-refractivity contribution in [3.63, 3.8) is 0 Å². The lowest BCUT2D eigenvalue weighted by Crippen LogP contribution is -2.12. The molecule has 0 saturated heterocycles. The second kappa shape index (κ2) is 5.47. The largest absolute Gasteiger partial charge is 0.449 e. The van der Waals surface area contributed by atoms with Gasteiger partial charge in [-0.25, -0.2) is 14.3 Å². The van der Waals surface area contributed by atoms with E-state index in [-0.39, 0.29) is 0 Å². The average molecular weight is 396 g/mol. The summed E-state index contributed by atoms with van der Waals surface area (Å²) >= 11 is 2.19. The van der Waals surface area contributed by atoms with Crippen molar-refractivity contribution < 1.29 is 9.53 Å². The van der Waals surface area contributed by atoms with Crippen molar-refractivity contribution in [3.8, 4) is 11.1 Å². The minimum absolute atomic E-state index is 0.336. The van der Waals surface area contributed by atoms with Crippen LogP contribution in [0.2, 0.25) is 0 Å². The molecule has 0 atom stereocenters. The fraction of sp³-hybridized carbons (Fsp3) is 0.214. The van der Waals surface area contributed by atoms with Gasteiger partial charge < -0.3 is 4.74 Å². The number of aromatic nitrogens is 4. The Morgan fingerprint density at radius 2 is 2.14 bits per heavy atom. The maximum absolute atomic E-state index is 11.9. The molecule has 0 spiro atoms. The van der Waals surface area contributed by atoms with Gasteiger partial charge in [0.05, 0.1) is 12.8 Å². The molecule has 0 aromatic carbocycles. The monoisotopic (exact) mass is 396 g/mol. The number of carbonyl (C=O) groups excluding carboxylic acids is 1. The number of nitrogens with zero attached hydrogens (tertiary/aromatic N) is 4. The second-order valence-corrected chi connectivity index (χ2v) is 5.71. The SMILES string of the molecule is CCOC(=O)n1cc(I)c2cc(-c3cnn(C)c3)cnc21. The van der Waals surface area contributed by atoms with Crippen molar-refractivity contribution in [3.05, 3.63) is 34.4 Å². The molecule has 0 aliphatic heterocycles. The third kappa shape index (κ3) is 2.53. The predicted molar refractivity (Wildman–Crippen MR) is 87.1 cm³/mol. The fourth-order valence-corrected chi connectivity index (χ4v) is 2.81. The van der Waals surface area contributed by atoms with Crippen LogP contribution in [-0.2, 0) is 11.8 Å². The van der Waals surface area contributed by atoms with Gasteiger partial charge >= 0.3 is 6.09 Å². The minimum atomic E-state index is -0.410. The molecule has 0 aliphatic rings. The van der Waals surface area contributed by atoms with E-state index in [4.69, 9.17) is 4.74 Å². The molecule has 108 valence electrons. The van der Waals surface area contributed by atoms with Gasteiger partial charge in [-0.15, -0.1) is 0 Å². The van der Waals surface area contributed by atoms with Gasteiger partial charge in [0.25, 0.3) is 0 Å². The van der Waals surface area contributed by atoms with Gasteiger partial charge in [0.15, 0.2) is 5.65 Å². The van der Waals surface area contributed by atoms with Crippen LogP contribution in [0.3, 0.4) is 0 Å². The summed E-state index contributed by atoms with van der Waals surface area (Å²) in [6.45, 7) is 2.12. The molecule has 0 fully saturated rings. The Labute approximate surface area is 134 Å². The van der Waals surface area contributed by atoms with Crippen LogP contribution in [0, 0.1) is 3.57 Å². The number of pyridine rings is 1. The van der Waals surface area contributed by atoms with Crippen LogP contribution in [0.15, 0.2) is 30.9 Å². The standard InChI is InChI=1S/C14H13IN4O2/c1-3-21-14(20)19-8-12(15)11-4-9(5-16-13(11)19)10-6-17-18(2)7-10/h4-8H,3H2,1-2H3. The highest BCUT2D eigenvalue weighted by Crippen LogP contribution is 2.27. The third-order valence-corrected chi connectivity index (χ3v) is 3.96. The zero-order valence-electron chi connectivity index (χ0n) is 11.6. The van der Waals surface area contributed by atoms with Crippen LogP contribution >= 0.6 is 22.6 Å². The van der Waals surface area contributed by atoms with Crippen LogP contribution in [0.4, 0.5) is 4.79 Å². The zero-order chi connectivity index (χ0) is 15.0. The van der Waals surface area contributed by atoms with Gasteiger partial charge in [0, 0.05) is 45.7 Å². The lowest BCUT2D eigenvalue weighted by molar-refractivity contribution is 0.155. The Morgan fingerprint density at radius 1 is 1.33 bits per heavy atom. The first-order chi connectivity index (χ1) is 10.1. The number of rotatable bonds is 2. The Balaban J connectivity index is 2.11. The average Bonchev–Trinajstić information content (AvgIpc) is 3.03. The summed E-state index contributed by atoms with van der Waals surface area (Å²) in [6, 6.07) is 2.01. The van der Waals surface area contributed by atoms with Crippen LogP contribution in [0.5, 0.6) is 0 Å². The molecule has 6 nitrogen and oxygen atoms in total. The summed E-state index contributed by atoms with van der Waals surface area (Å²) in [6.07, 6.45) is 6.79. The highest BCUT2D eigenvalue weighted by atomic mass is 127. The van der Waals surface area contributed by atoms with Gasteiger partial charge in [-0.1, -0.05) is 0 Å². The van der Waals surface area contributed by atoms with Gasteiger partial charge in [-0.3, -0.25) is 4.68 Å². The summed E-state index contributed by atoms with van der Waals surface area (Å²) in [5.74, 6) is 0. The third-order valence-electron chi connectivity index (χ3n) is 3.10. The number of halogens is 1. The first-order valence-corrected chi connectivity index (χ1v) is 7.50. The van der Waals surface area contributed by atoms with Gasteiger partial charge in [-0.2, -0.15) is 5.10 Å². The molecule has 0 saturated carbocycles.